The predicted molar refractivity (Wildman–Crippen MR) is 167 cm³/mol. The number of non-ortho nitro benzene ring substituents is 2. The maximum absolute atomic E-state index is 14.4. The molecule has 0 aromatic heterocycles. The van der Waals surface area contributed by atoms with E-state index in [4.69, 9.17) is 16.7 Å². The lowest BCUT2D eigenvalue weighted by Gasteiger charge is -2.32. The third-order valence-corrected chi connectivity index (χ3v) is 10.7. The third-order valence-electron chi connectivity index (χ3n) is 8.53. The molecule has 3 atom stereocenters. The second-order valence-corrected chi connectivity index (χ2v) is 13.5. The van der Waals surface area contributed by atoms with E-state index in [0.29, 0.717) is 42.0 Å². The molecule has 12 nitrogen and oxygen atoms in total. The Morgan fingerprint density at radius 3 is 2.13 bits per heavy atom. The molecule has 6 rings (SSSR count). The number of nitro groups is 2. The lowest BCUT2D eigenvalue weighted by atomic mass is 9.77. The van der Waals surface area contributed by atoms with Crippen LogP contribution in [-0.4, -0.2) is 51.8 Å². The van der Waals surface area contributed by atoms with Crippen LogP contribution in [0.5, 0.6) is 0 Å². The van der Waals surface area contributed by atoms with Gasteiger partial charge in [0.2, 0.25) is 10.0 Å². The van der Waals surface area contributed by atoms with Crippen molar-refractivity contribution in [2.75, 3.05) is 6.54 Å². The summed E-state index contributed by atoms with van der Waals surface area (Å²) >= 11 is 5.98. The van der Waals surface area contributed by atoms with Crippen molar-refractivity contribution in [1.82, 2.24) is 9.31 Å². The molecule has 2 fully saturated rings. The zero-order valence-electron chi connectivity index (χ0n) is 23.9. The summed E-state index contributed by atoms with van der Waals surface area (Å²) in [6, 6.07) is 16.4. The summed E-state index contributed by atoms with van der Waals surface area (Å²) in [6.07, 6.45) is 4.86. The normalized spacial score (nSPS) is 22.7. The van der Waals surface area contributed by atoms with Crippen LogP contribution in [0.3, 0.4) is 0 Å². The van der Waals surface area contributed by atoms with Gasteiger partial charge in [-0.1, -0.05) is 23.7 Å². The number of halogens is 1. The number of nitrogens with zero attached hydrogens (tertiary/aromatic N) is 5. The Morgan fingerprint density at radius 2 is 1.51 bits per heavy atom. The lowest BCUT2D eigenvalue weighted by molar-refractivity contribution is -0.385. The number of nitro benzene ring substituents is 2. The van der Waals surface area contributed by atoms with Gasteiger partial charge >= 0.3 is 0 Å². The van der Waals surface area contributed by atoms with Gasteiger partial charge in [0.25, 0.3) is 17.3 Å². The smallest absolute Gasteiger partial charge is 0.269 e. The van der Waals surface area contributed by atoms with E-state index in [9.17, 15) is 33.4 Å². The fourth-order valence-corrected chi connectivity index (χ4v) is 8.15. The molecule has 1 saturated heterocycles. The molecule has 1 saturated carbocycles. The van der Waals surface area contributed by atoms with Crippen LogP contribution < -0.4 is 0 Å². The van der Waals surface area contributed by atoms with Crippen molar-refractivity contribution in [3.63, 3.8) is 0 Å². The van der Waals surface area contributed by atoms with E-state index in [1.165, 1.54) is 57.8 Å². The Morgan fingerprint density at radius 1 is 0.889 bits per heavy atom. The van der Waals surface area contributed by atoms with Gasteiger partial charge in [-0.05, 0) is 91.3 Å². The highest BCUT2D eigenvalue weighted by Crippen LogP contribution is 2.45. The van der Waals surface area contributed by atoms with Gasteiger partial charge in [-0.3, -0.25) is 25.0 Å². The first-order valence-corrected chi connectivity index (χ1v) is 16.2. The molecule has 2 heterocycles. The molecular weight excluding hydrogens is 622 g/mol. The molecule has 3 aromatic rings. The first-order valence-electron chi connectivity index (χ1n) is 14.4. The van der Waals surface area contributed by atoms with Gasteiger partial charge in [0.05, 0.1) is 26.5 Å². The van der Waals surface area contributed by atoms with Crippen molar-refractivity contribution >= 4 is 50.7 Å². The van der Waals surface area contributed by atoms with Crippen LogP contribution >= 0.6 is 11.6 Å². The van der Waals surface area contributed by atoms with E-state index in [2.05, 4.69) is 0 Å². The molecule has 2 aliphatic heterocycles. The van der Waals surface area contributed by atoms with E-state index in [1.807, 2.05) is 6.08 Å². The van der Waals surface area contributed by atoms with Gasteiger partial charge in [-0.25, -0.2) is 13.4 Å². The number of amides is 1. The second-order valence-electron chi connectivity index (χ2n) is 11.2. The average Bonchev–Trinajstić information content (AvgIpc) is 3.68. The molecule has 0 unspecified atom stereocenters. The van der Waals surface area contributed by atoms with Gasteiger partial charge in [-0.15, -0.1) is 0 Å². The Hall–Kier alpha value is -4.46. The van der Waals surface area contributed by atoms with Crippen LogP contribution in [0.2, 0.25) is 5.02 Å². The van der Waals surface area contributed by atoms with Crippen LogP contribution in [0.15, 0.2) is 88.4 Å². The quantitative estimate of drug-likeness (QED) is 0.220. The molecule has 0 spiro atoms. The number of fused-ring (bicyclic) bond motifs is 1. The van der Waals surface area contributed by atoms with Crippen molar-refractivity contribution in [1.29, 1.82) is 0 Å². The molecule has 1 aliphatic carbocycles. The van der Waals surface area contributed by atoms with Crippen LogP contribution in [0.4, 0.5) is 11.4 Å². The Bertz CT molecular complexity index is 1830. The summed E-state index contributed by atoms with van der Waals surface area (Å²) in [5.41, 5.74) is 2.84. The minimum Gasteiger partial charge on any atom is -0.271 e. The molecule has 232 valence electrons. The molecule has 45 heavy (non-hydrogen) atoms. The van der Waals surface area contributed by atoms with Crippen LogP contribution in [0.1, 0.15) is 49.3 Å². The van der Waals surface area contributed by atoms with Gasteiger partial charge < -0.3 is 0 Å². The first kappa shape index (κ1) is 30.6. The Kier molecular flexibility index (Phi) is 8.25. The fraction of sp³-hybridized carbons (Fsp3) is 0.290. The first-order chi connectivity index (χ1) is 21.5. The molecule has 0 bridgehead atoms. The summed E-state index contributed by atoms with van der Waals surface area (Å²) < 4.78 is 28.5. The summed E-state index contributed by atoms with van der Waals surface area (Å²) in [6.45, 7) is 0.169. The zero-order chi connectivity index (χ0) is 31.9. The lowest BCUT2D eigenvalue weighted by Crippen LogP contribution is -2.46. The van der Waals surface area contributed by atoms with Crippen LogP contribution in [-0.2, 0) is 14.8 Å². The highest BCUT2D eigenvalue weighted by Gasteiger charge is 2.48. The number of hydrogen-bond acceptors (Lipinski definition) is 8. The predicted octanol–water partition coefficient (Wildman–Crippen LogP) is 6.13. The maximum atomic E-state index is 14.4. The summed E-state index contributed by atoms with van der Waals surface area (Å²) in [4.78, 5) is 35.9. The van der Waals surface area contributed by atoms with Crippen molar-refractivity contribution in [2.24, 2.45) is 11.0 Å². The number of carbonyl (C=O) groups is 1. The van der Waals surface area contributed by atoms with E-state index in [1.54, 1.807) is 24.3 Å². The van der Waals surface area contributed by atoms with Crippen LogP contribution in [0, 0.1) is 26.1 Å². The van der Waals surface area contributed by atoms with Crippen LogP contribution in [0.25, 0.3) is 6.08 Å². The van der Waals surface area contributed by atoms with E-state index in [0.717, 1.165) is 17.6 Å². The monoisotopic (exact) mass is 649 g/mol. The average molecular weight is 650 g/mol. The number of carbonyl (C=O) groups excluding carboxylic acids is 1. The van der Waals surface area contributed by atoms with Crippen molar-refractivity contribution in [3.8, 4) is 0 Å². The minimum atomic E-state index is -4.02. The molecule has 3 aromatic carbocycles. The largest absolute Gasteiger partial charge is 0.271 e. The SMILES string of the molecule is O=C([C@@H]1CCCN1S(=O)(=O)c1ccc(Cl)cc1)N1N=C2/C(=C/c3ccc([N+](=O)[O-])cc3)CCC[C@H]2[C@H]1c1ccc([N+](=O)[O-])cc1. The Balaban J connectivity index is 1.38. The molecule has 0 N–H and O–H groups in total. The number of hydrogen-bond donors (Lipinski definition) is 0. The fourth-order valence-electron chi connectivity index (χ4n) is 6.37. The summed E-state index contributed by atoms with van der Waals surface area (Å²) in [7, 11) is -4.02. The second kappa shape index (κ2) is 12.1. The number of sulfonamides is 1. The summed E-state index contributed by atoms with van der Waals surface area (Å²) in [5.74, 6) is -0.707. The van der Waals surface area contributed by atoms with Gasteiger partial charge in [0.1, 0.15) is 6.04 Å². The van der Waals surface area contributed by atoms with E-state index >= 15 is 0 Å². The van der Waals surface area contributed by atoms with E-state index < -0.39 is 37.9 Å². The topological polar surface area (TPSA) is 156 Å². The highest BCUT2D eigenvalue weighted by atomic mass is 35.5. The van der Waals surface area contributed by atoms with Crippen molar-refractivity contribution < 1.29 is 23.1 Å². The van der Waals surface area contributed by atoms with Gasteiger partial charge in [0.15, 0.2) is 0 Å². The number of rotatable bonds is 7. The number of allylic oxidation sites excluding steroid dienone is 1. The third kappa shape index (κ3) is 5.86. The Labute approximate surface area is 263 Å². The standard InChI is InChI=1S/C31H28ClN5O7S/c32-23-10-16-26(17-11-23)45(43,44)34-18-2-5-28(34)31(38)35-30(21-8-14-25(15-9-21)37(41)42)27-4-1-3-22(29(27)33-35)19-20-6-12-24(13-7-20)36(39)40/h6-17,19,27-28,30H,1-5,18H2/b22-19+/t27-,28+,30-/m1/s1. The van der Waals surface area contributed by atoms with Crippen molar-refractivity contribution in [3.05, 3.63) is 115 Å². The van der Waals surface area contributed by atoms with Gasteiger partial charge in [-0.2, -0.15) is 9.41 Å². The minimum absolute atomic E-state index is 0.0263. The van der Waals surface area contributed by atoms with E-state index in [-0.39, 0.29) is 28.7 Å². The summed E-state index contributed by atoms with van der Waals surface area (Å²) in [5, 5.41) is 29.1. The molecule has 14 heteroatoms. The maximum Gasteiger partial charge on any atom is 0.269 e. The number of hydrazone groups is 1. The van der Waals surface area contributed by atoms with Crippen molar-refractivity contribution in [2.45, 2.75) is 49.1 Å². The zero-order valence-corrected chi connectivity index (χ0v) is 25.4. The number of benzene rings is 3. The molecule has 0 radical (unpaired) electrons. The van der Waals surface area contributed by atoms with Gasteiger partial charge in [0, 0.05) is 41.8 Å². The molecular formula is C31H28ClN5O7S. The highest BCUT2D eigenvalue weighted by molar-refractivity contribution is 7.89. The molecule has 1 amide bonds. The molecule has 3 aliphatic rings.